The van der Waals surface area contributed by atoms with Gasteiger partial charge in [0.25, 0.3) is 0 Å². The maximum Gasteiger partial charge on any atom is 0 e. The van der Waals surface area contributed by atoms with Gasteiger partial charge in [0, 0.05) is 35.8 Å². The van der Waals surface area contributed by atoms with Crippen molar-refractivity contribution in [1.82, 2.24) is 9.97 Å². The maximum absolute atomic E-state index is 12.8. The normalized spacial score (nSPS) is 12.8. The zero-order valence-corrected chi connectivity index (χ0v) is 41.7. The minimum absolute atomic E-state index is 0. The number of benzene rings is 5. The molecular weight excluding hydrogens is 993 g/mol. The summed E-state index contributed by atoms with van der Waals surface area (Å²) in [6.07, 6.45) is 3.49. The van der Waals surface area contributed by atoms with E-state index in [0.29, 0.717) is 16.8 Å². The smallest absolute Gasteiger partial charge is 0 e. The summed E-state index contributed by atoms with van der Waals surface area (Å²) in [6, 6.07) is 42.0. The molecule has 0 saturated heterocycles. The zero-order chi connectivity index (χ0) is 44.7. The molecule has 0 spiro atoms. The largest absolute Gasteiger partial charge is 0 e. The van der Waals surface area contributed by atoms with Crippen LogP contribution < -0.4 is 9.58 Å². The molecule has 3 aromatic heterocycles. The van der Waals surface area contributed by atoms with Gasteiger partial charge in [-0.15, -0.1) is 18.2 Å². The minimum atomic E-state index is -2.33. The van der Waals surface area contributed by atoms with E-state index in [0.717, 1.165) is 49.9 Å². The van der Waals surface area contributed by atoms with Gasteiger partial charge >= 0.3 is 104 Å². The van der Waals surface area contributed by atoms with Crippen LogP contribution in [-0.4, -0.2) is 31.3 Å². The molecular formula is C53H55FGeIrN2OSi-2. The van der Waals surface area contributed by atoms with Crippen molar-refractivity contribution in [3.8, 4) is 44.8 Å². The molecule has 0 saturated carbocycles. The van der Waals surface area contributed by atoms with E-state index in [1.54, 1.807) is 12.3 Å². The van der Waals surface area contributed by atoms with E-state index < -0.39 is 28.2 Å². The first-order valence-corrected chi connectivity index (χ1v) is 31.3. The molecule has 0 atom stereocenters. The fourth-order valence-corrected chi connectivity index (χ4v) is 10.8. The number of nitrogens with zero attached hydrogens (tertiary/aromatic N) is 2. The van der Waals surface area contributed by atoms with Crippen LogP contribution in [0.2, 0.25) is 36.9 Å². The molecule has 8 rings (SSSR count). The van der Waals surface area contributed by atoms with E-state index in [9.17, 15) is 4.39 Å². The summed E-state index contributed by atoms with van der Waals surface area (Å²) in [6.45, 7) is 13.5. The van der Waals surface area contributed by atoms with E-state index in [4.69, 9.17) is 13.5 Å². The van der Waals surface area contributed by atoms with Crippen molar-refractivity contribution in [2.24, 2.45) is 0 Å². The average molecular weight is 1050 g/mol. The summed E-state index contributed by atoms with van der Waals surface area (Å²) in [7, 11) is -1.64. The molecule has 0 amide bonds. The molecule has 0 unspecified atom stereocenters. The van der Waals surface area contributed by atoms with Crippen LogP contribution in [-0.2, 0) is 20.1 Å². The summed E-state index contributed by atoms with van der Waals surface area (Å²) >= 11 is -1.79. The van der Waals surface area contributed by atoms with Crippen molar-refractivity contribution in [2.45, 2.75) is 83.3 Å². The summed E-state index contributed by atoms with van der Waals surface area (Å²) in [5.41, 5.74) is 11.1. The third kappa shape index (κ3) is 9.68. The first-order chi connectivity index (χ1) is 29.2. The monoisotopic (exact) mass is 1050 g/mol. The number of hydrogen-bond donors (Lipinski definition) is 0. The Hall–Kier alpha value is -4.46. The molecule has 0 fully saturated rings. The van der Waals surface area contributed by atoms with Crippen molar-refractivity contribution in [3.63, 3.8) is 0 Å². The second-order valence-electron chi connectivity index (χ2n) is 18.1. The molecule has 0 bridgehead atoms. The quantitative estimate of drug-likeness (QED) is 0.112. The van der Waals surface area contributed by atoms with Crippen molar-refractivity contribution < 1.29 is 33.0 Å². The van der Waals surface area contributed by atoms with Gasteiger partial charge in [-0.3, -0.25) is 0 Å². The third-order valence-electron chi connectivity index (χ3n) is 11.0. The van der Waals surface area contributed by atoms with Gasteiger partial charge in [0.1, 0.15) is 5.58 Å². The van der Waals surface area contributed by atoms with Crippen molar-refractivity contribution in [2.75, 3.05) is 0 Å². The van der Waals surface area contributed by atoms with Crippen molar-refractivity contribution >= 4 is 52.9 Å². The molecule has 0 aliphatic rings. The summed E-state index contributed by atoms with van der Waals surface area (Å²) in [5.74, 6) is 7.15. The second-order valence-corrected chi connectivity index (χ2v) is 33.8. The second kappa shape index (κ2) is 18.3. The maximum atomic E-state index is 12.8. The fraction of sp³-hybridized carbons (Fsp3) is 0.245. The Morgan fingerprint density at radius 2 is 1.43 bits per heavy atom. The van der Waals surface area contributed by atoms with Crippen LogP contribution in [0, 0.1) is 24.8 Å². The predicted octanol–water partition coefficient (Wildman–Crippen LogP) is 14.1. The number of pyridine rings is 2. The molecule has 1 radical (unpaired) electrons. The van der Waals surface area contributed by atoms with Crippen LogP contribution in [0.1, 0.15) is 60.3 Å². The van der Waals surface area contributed by atoms with Crippen LogP contribution in [0.25, 0.3) is 66.7 Å². The van der Waals surface area contributed by atoms with Gasteiger partial charge in [0.2, 0.25) is 0 Å². The Balaban J connectivity index is 0.000000308. The first kappa shape index (κ1) is 40.9. The van der Waals surface area contributed by atoms with Crippen molar-refractivity contribution in [1.29, 1.82) is 0 Å². The van der Waals surface area contributed by atoms with Gasteiger partial charge in [0.15, 0.2) is 0 Å². The molecule has 309 valence electrons. The Bertz CT molecular complexity index is 2840. The van der Waals surface area contributed by atoms with Crippen LogP contribution >= 0.6 is 0 Å². The van der Waals surface area contributed by atoms with Crippen molar-refractivity contribution in [3.05, 3.63) is 156 Å². The van der Waals surface area contributed by atoms with Crippen LogP contribution in [0.3, 0.4) is 0 Å². The predicted molar refractivity (Wildman–Crippen MR) is 254 cm³/mol. The number of aryl methyl sites for hydroxylation is 1. The SMILES string of the molecule is [2H]C([2H])([2H])c1cnc(-c2[c-]ccc3c2oc2cc(-c4ccccc4)ccc23)cc1-c1c(C(C)C)cc([Si](C)(C)C)cc1C(C)C.[CH3][Ge]([CH3])([CH3])[c]1ccc(-c2[c-]cc(F)cc2)nc1.[Ir]. The number of rotatable bonds is 8. The van der Waals surface area contributed by atoms with E-state index in [2.05, 4.69) is 130 Å². The van der Waals surface area contributed by atoms with E-state index in [1.165, 1.54) is 32.8 Å². The molecule has 60 heavy (non-hydrogen) atoms. The van der Waals surface area contributed by atoms with Gasteiger partial charge in [-0.2, -0.15) is 0 Å². The Morgan fingerprint density at radius 1 is 0.733 bits per heavy atom. The minimum Gasteiger partial charge on any atom is 0 e. The Kier molecular flexibility index (Phi) is 12.5. The zero-order valence-electron chi connectivity index (χ0n) is 39.2. The summed E-state index contributed by atoms with van der Waals surface area (Å²) < 4.78 is 46.2. The number of halogens is 1. The molecule has 3 heterocycles. The van der Waals surface area contributed by atoms with Crippen LogP contribution in [0.15, 0.2) is 126 Å². The Labute approximate surface area is 377 Å². The number of furan rings is 1. The third-order valence-corrected chi connectivity index (χ3v) is 17.2. The fourth-order valence-electron chi connectivity index (χ4n) is 7.45. The summed E-state index contributed by atoms with van der Waals surface area (Å²) in [4.78, 5) is 9.19. The standard InChI is InChI=1S/C39H40NOSi.C14H15FGeN.Ir/c1-24(2)33-20-29(42(6,7)8)21-34(25(3)4)38(33)35-22-36(40-23-26(35)5)32-16-12-15-31-30-18-17-28(19-37(30)41-39(31)32)27-13-10-9-11-14-27;1-16(2,3)13-8-9-14(17-10-13)11-4-6-12(15)7-5-11;/h9-15,17-25H,1-8H3;4,6-10H,1-3H3;/q2*-1;/i5D3;;. The number of fused-ring (bicyclic) bond motifs is 3. The van der Waals surface area contributed by atoms with E-state index >= 15 is 0 Å². The van der Waals surface area contributed by atoms with Gasteiger partial charge in [-0.05, 0) is 69.4 Å². The van der Waals surface area contributed by atoms with Gasteiger partial charge in [-0.25, -0.2) is 0 Å². The Morgan fingerprint density at radius 3 is 2.02 bits per heavy atom. The van der Waals surface area contributed by atoms with Crippen LogP contribution in [0.4, 0.5) is 4.39 Å². The van der Waals surface area contributed by atoms with E-state index in [-0.39, 0.29) is 43.3 Å². The summed E-state index contributed by atoms with van der Waals surface area (Å²) in [5, 5.41) is 3.39. The average Bonchev–Trinajstić information content (AvgIpc) is 3.61. The number of hydrogen-bond acceptors (Lipinski definition) is 3. The molecule has 0 N–H and O–H groups in total. The molecule has 8 aromatic rings. The number of aromatic nitrogens is 2. The first-order valence-electron chi connectivity index (χ1n) is 22.0. The van der Waals surface area contributed by atoms with Gasteiger partial charge in [-0.1, -0.05) is 124 Å². The molecule has 3 nitrogen and oxygen atoms in total. The van der Waals surface area contributed by atoms with Gasteiger partial charge in [0.05, 0.1) is 13.7 Å². The van der Waals surface area contributed by atoms with Gasteiger partial charge < -0.3 is 9.40 Å². The topological polar surface area (TPSA) is 38.9 Å². The van der Waals surface area contributed by atoms with E-state index in [1.807, 2.05) is 48.7 Å². The van der Waals surface area contributed by atoms with Crippen LogP contribution in [0.5, 0.6) is 0 Å². The molecule has 0 aliphatic carbocycles. The molecule has 5 aromatic carbocycles. The molecule has 7 heteroatoms. The molecule has 0 aliphatic heterocycles.